The zero-order chi connectivity index (χ0) is 19.6. The molecule has 0 unspecified atom stereocenters. The van der Waals surface area contributed by atoms with Gasteiger partial charge in [0.05, 0.1) is 9.83 Å². The van der Waals surface area contributed by atoms with E-state index in [9.17, 15) is 14.9 Å². The van der Waals surface area contributed by atoms with Crippen molar-refractivity contribution in [2.75, 3.05) is 18.5 Å². The van der Waals surface area contributed by atoms with Crippen molar-refractivity contribution in [3.63, 3.8) is 0 Å². The van der Waals surface area contributed by atoms with E-state index in [0.717, 1.165) is 5.69 Å². The maximum absolute atomic E-state index is 12.3. The van der Waals surface area contributed by atoms with Gasteiger partial charge in [-0.1, -0.05) is 48.2 Å². The van der Waals surface area contributed by atoms with Crippen molar-refractivity contribution in [2.45, 2.75) is 6.92 Å². The van der Waals surface area contributed by atoms with Crippen LogP contribution in [-0.2, 0) is 4.79 Å². The van der Waals surface area contributed by atoms with Gasteiger partial charge in [0.25, 0.3) is 11.6 Å². The second kappa shape index (κ2) is 7.89. The minimum absolute atomic E-state index is 0.0268. The maximum atomic E-state index is 12.3. The number of hydrogen-bond donors (Lipinski definition) is 0. The Labute approximate surface area is 166 Å². The lowest BCUT2D eigenvalue weighted by Crippen LogP contribution is -2.27. The molecule has 2 aromatic rings. The molecule has 138 valence electrons. The highest BCUT2D eigenvalue weighted by atomic mass is 32.2. The van der Waals surface area contributed by atoms with E-state index in [-0.39, 0.29) is 11.6 Å². The first-order valence-electron chi connectivity index (χ1n) is 8.25. The molecular formula is C19H17N3O3S2. The van der Waals surface area contributed by atoms with Crippen molar-refractivity contribution < 1.29 is 9.72 Å². The molecule has 0 aromatic heterocycles. The predicted molar refractivity (Wildman–Crippen MR) is 113 cm³/mol. The van der Waals surface area contributed by atoms with Gasteiger partial charge in [0.2, 0.25) is 0 Å². The minimum atomic E-state index is -0.413. The highest BCUT2D eigenvalue weighted by Gasteiger charge is 2.30. The largest absolute Gasteiger partial charge is 0.339 e. The average molecular weight is 399 g/mol. The van der Waals surface area contributed by atoms with Crippen LogP contribution in [0.1, 0.15) is 12.5 Å². The van der Waals surface area contributed by atoms with Gasteiger partial charge in [-0.25, -0.2) is 0 Å². The summed E-state index contributed by atoms with van der Waals surface area (Å²) in [6.07, 6.45) is 1.65. The van der Waals surface area contributed by atoms with Crippen LogP contribution in [0.4, 0.5) is 17.1 Å². The Hall–Kier alpha value is -2.71. The number of hydrogen-bond acceptors (Lipinski definition) is 6. The monoisotopic (exact) mass is 399 g/mol. The summed E-state index contributed by atoms with van der Waals surface area (Å²) >= 11 is 6.41. The molecule has 8 heteroatoms. The summed E-state index contributed by atoms with van der Waals surface area (Å²) in [6.45, 7) is 2.36. The van der Waals surface area contributed by atoms with Gasteiger partial charge in [-0.05, 0) is 36.8 Å². The first-order valence-corrected chi connectivity index (χ1v) is 9.47. The Balaban J connectivity index is 1.98. The Morgan fingerprint density at radius 1 is 1.26 bits per heavy atom. The number of anilines is 2. The van der Waals surface area contributed by atoms with Crippen molar-refractivity contribution in [3.8, 4) is 0 Å². The molecule has 0 atom stereocenters. The van der Waals surface area contributed by atoms with Gasteiger partial charge in [-0.2, -0.15) is 0 Å². The van der Waals surface area contributed by atoms with E-state index in [4.69, 9.17) is 12.2 Å². The van der Waals surface area contributed by atoms with Gasteiger partial charge < -0.3 is 4.90 Å². The molecule has 1 saturated heterocycles. The third-order valence-electron chi connectivity index (χ3n) is 4.19. The van der Waals surface area contributed by atoms with E-state index in [2.05, 4.69) is 0 Å². The quantitative estimate of drug-likeness (QED) is 0.317. The lowest BCUT2D eigenvalue weighted by atomic mass is 10.1. The van der Waals surface area contributed by atoms with Crippen LogP contribution < -0.4 is 4.90 Å². The number of rotatable bonds is 5. The average Bonchev–Trinajstić information content (AvgIpc) is 2.94. The molecule has 0 aliphatic carbocycles. The first kappa shape index (κ1) is 19.1. The highest BCUT2D eigenvalue weighted by molar-refractivity contribution is 8.26. The fraction of sp³-hybridized carbons (Fsp3) is 0.158. The molecule has 1 aliphatic heterocycles. The zero-order valence-electron chi connectivity index (χ0n) is 14.8. The molecule has 0 saturated carbocycles. The molecule has 0 spiro atoms. The van der Waals surface area contributed by atoms with Gasteiger partial charge in [0.1, 0.15) is 10.0 Å². The van der Waals surface area contributed by atoms with Crippen LogP contribution in [0.15, 0.2) is 53.4 Å². The second-order valence-corrected chi connectivity index (χ2v) is 7.50. The van der Waals surface area contributed by atoms with E-state index in [1.807, 2.05) is 37.3 Å². The molecule has 1 fully saturated rings. The van der Waals surface area contributed by atoms with Gasteiger partial charge in [0.15, 0.2) is 0 Å². The van der Waals surface area contributed by atoms with Crippen molar-refractivity contribution >= 4 is 57.3 Å². The topological polar surface area (TPSA) is 66.7 Å². The van der Waals surface area contributed by atoms with Crippen LogP contribution in [0, 0.1) is 10.1 Å². The third-order valence-corrected chi connectivity index (χ3v) is 5.57. The van der Waals surface area contributed by atoms with Crippen LogP contribution >= 0.6 is 24.0 Å². The molecule has 0 N–H and O–H groups in total. The van der Waals surface area contributed by atoms with Gasteiger partial charge in [-0.15, -0.1) is 0 Å². The predicted octanol–water partition coefficient (Wildman–Crippen LogP) is 4.58. The lowest BCUT2D eigenvalue weighted by Gasteiger charge is -2.19. The van der Waals surface area contributed by atoms with E-state index < -0.39 is 4.92 Å². The molecule has 3 rings (SSSR count). The van der Waals surface area contributed by atoms with Crippen molar-refractivity contribution in [3.05, 3.63) is 69.1 Å². The summed E-state index contributed by atoms with van der Waals surface area (Å²) in [5.41, 5.74) is 1.88. The van der Waals surface area contributed by atoms with Gasteiger partial charge in [-0.3, -0.25) is 19.8 Å². The Morgan fingerprint density at radius 2 is 1.96 bits per heavy atom. The number of amides is 1. The van der Waals surface area contributed by atoms with Crippen LogP contribution in [0.3, 0.4) is 0 Å². The molecule has 0 radical (unpaired) electrons. The van der Waals surface area contributed by atoms with E-state index in [0.29, 0.717) is 27.0 Å². The Morgan fingerprint density at radius 3 is 2.56 bits per heavy atom. The molecule has 1 amide bonds. The van der Waals surface area contributed by atoms with Crippen LogP contribution in [0.25, 0.3) is 6.08 Å². The number of para-hydroxylation sites is 1. The minimum Gasteiger partial charge on any atom is -0.339 e. The molecule has 27 heavy (non-hydrogen) atoms. The molecular weight excluding hydrogens is 382 g/mol. The number of thiocarbonyl (C=S) groups is 1. The first-order chi connectivity index (χ1) is 12.9. The number of nitrogens with zero attached hydrogens (tertiary/aromatic N) is 3. The number of thioether (sulfide) groups is 1. The lowest BCUT2D eigenvalue weighted by molar-refractivity contribution is -0.384. The summed E-state index contributed by atoms with van der Waals surface area (Å²) in [6, 6.07) is 14.3. The van der Waals surface area contributed by atoms with E-state index in [1.54, 1.807) is 30.2 Å². The van der Waals surface area contributed by atoms with Crippen LogP contribution in [0.2, 0.25) is 0 Å². The highest BCUT2D eigenvalue weighted by Crippen LogP contribution is 2.36. The molecule has 1 heterocycles. The van der Waals surface area contributed by atoms with E-state index >= 15 is 0 Å². The number of nitro benzene ring substituents is 1. The van der Waals surface area contributed by atoms with Gasteiger partial charge >= 0.3 is 0 Å². The van der Waals surface area contributed by atoms with Crippen LogP contribution in [-0.4, -0.2) is 33.6 Å². The maximum Gasteiger partial charge on any atom is 0.293 e. The number of nitro groups is 1. The summed E-state index contributed by atoms with van der Waals surface area (Å²) in [7, 11) is 1.78. The fourth-order valence-electron chi connectivity index (χ4n) is 2.77. The standard InChI is InChI=1S/C19H17N3O3S2/c1-3-21-18(23)17(27-19(21)26)12-13-9-10-15(16(11-13)22(24)25)20(2)14-7-5-4-6-8-14/h4-12H,3H2,1-2H3/b17-12+. The number of likely N-dealkylation sites (N-methyl/N-ethyl adjacent to an activating group) is 1. The molecule has 2 aromatic carbocycles. The number of carbonyl (C=O) groups is 1. The van der Waals surface area contributed by atoms with Crippen molar-refractivity contribution in [2.24, 2.45) is 0 Å². The summed E-state index contributed by atoms with van der Waals surface area (Å²) in [5.74, 6) is -0.166. The second-order valence-electron chi connectivity index (χ2n) is 5.83. The normalized spacial score (nSPS) is 15.5. The van der Waals surface area contributed by atoms with Crippen molar-refractivity contribution in [1.29, 1.82) is 0 Å². The SMILES string of the molecule is CCN1C(=O)/C(=C\c2ccc(N(C)c3ccccc3)c([N+](=O)[O-])c2)SC1=S. The van der Waals surface area contributed by atoms with Crippen molar-refractivity contribution in [1.82, 2.24) is 4.90 Å². The Bertz CT molecular complexity index is 944. The summed E-state index contributed by atoms with van der Waals surface area (Å²) < 4.78 is 0.503. The van der Waals surface area contributed by atoms with Crippen LogP contribution in [0.5, 0.6) is 0 Å². The Kier molecular flexibility index (Phi) is 5.57. The summed E-state index contributed by atoms with van der Waals surface area (Å²) in [4.78, 5) is 27.3. The molecule has 1 aliphatic rings. The molecule has 0 bridgehead atoms. The third kappa shape index (κ3) is 3.86. The summed E-state index contributed by atoms with van der Waals surface area (Å²) in [5, 5.41) is 11.6. The van der Waals surface area contributed by atoms with Gasteiger partial charge in [0, 0.05) is 25.3 Å². The smallest absolute Gasteiger partial charge is 0.293 e. The molecule has 6 nitrogen and oxygen atoms in total. The van der Waals surface area contributed by atoms with E-state index in [1.165, 1.54) is 22.7 Å². The zero-order valence-corrected chi connectivity index (χ0v) is 16.4. The number of benzene rings is 2. The number of carbonyl (C=O) groups excluding carboxylic acids is 1. The fourth-order valence-corrected chi connectivity index (χ4v) is 4.16.